The molecule has 1 aliphatic heterocycles. The molecule has 2 N–H and O–H groups in total. The number of carbonyl (C=O) groups is 2. The van der Waals surface area contributed by atoms with Gasteiger partial charge >= 0.3 is 0 Å². The molecule has 1 aliphatic rings. The summed E-state index contributed by atoms with van der Waals surface area (Å²) in [6.45, 7) is 4.06. The first-order valence-corrected chi connectivity index (χ1v) is 11.5. The molecular formula is C27H25N3O4S. The van der Waals surface area contributed by atoms with Gasteiger partial charge in [0.05, 0.1) is 12.3 Å². The number of ether oxygens (including phenoxy) is 2. The van der Waals surface area contributed by atoms with E-state index in [2.05, 4.69) is 10.6 Å². The van der Waals surface area contributed by atoms with Crippen molar-refractivity contribution >= 4 is 46.6 Å². The van der Waals surface area contributed by atoms with Gasteiger partial charge in [-0.1, -0.05) is 36.4 Å². The van der Waals surface area contributed by atoms with Gasteiger partial charge in [0.15, 0.2) is 23.2 Å². The Balaban J connectivity index is 1.48. The number of benzene rings is 3. The van der Waals surface area contributed by atoms with Crippen LogP contribution in [0.5, 0.6) is 11.5 Å². The first-order chi connectivity index (χ1) is 16.9. The number of thiocarbonyl (C=S) groups is 1. The molecule has 1 heterocycles. The van der Waals surface area contributed by atoms with Crippen molar-refractivity contribution in [3.8, 4) is 11.5 Å². The standard InChI is InChI=1S/C27H25N3O4S/c1-3-33-24-16-19(12-13-23(24)34-17-25(31)28-20-9-5-4-6-10-20)15-22-26(32)30(27(35)29-22)21-11-7-8-18(2)14-21/h4-16H,3,17H2,1-2H3,(H,28,31)(H,29,35)/b22-15+. The summed E-state index contributed by atoms with van der Waals surface area (Å²) < 4.78 is 11.4. The van der Waals surface area contributed by atoms with Crippen LogP contribution in [0.2, 0.25) is 0 Å². The Bertz CT molecular complexity index is 1290. The van der Waals surface area contributed by atoms with Crippen molar-refractivity contribution in [3.63, 3.8) is 0 Å². The molecule has 8 heteroatoms. The maximum absolute atomic E-state index is 13.0. The minimum atomic E-state index is -0.282. The summed E-state index contributed by atoms with van der Waals surface area (Å²) in [6, 6.07) is 22.0. The van der Waals surface area contributed by atoms with Gasteiger partial charge in [-0.2, -0.15) is 0 Å². The summed E-state index contributed by atoms with van der Waals surface area (Å²) in [6.07, 6.45) is 1.71. The first-order valence-electron chi connectivity index (χ1n) is 11.1. The lowest BCUT2D eigenvalue weighted by Crippen LogP contribution is -2.30. The second-order valence-electron chi connectivity index (χ2n) is 7.81. The molecule has 0 saturated carbocycles. The quantitative estimate of drug-likeness (QED) is 0.355. The van der Waals surface area contributed by atoms with Crippen LogP contribution in [0.15, 0.2) is 78.5 Å². The molecule has 2 amide bonds. The second-order valence-corrected chi connectivity index (χ2v) is 8.20. The average Bonchev–Trinajstić information content (AvgIpc) is 3.12. The molecule has 0 atom stereocenters. The minimum absolute atomic E-state index is 0.171. The number of carbonyl (C=O) groups excluding carboxylic acids is 2. The molecule has 7 nitrogen and oxygen atoms in total. The van der Waals surface area contributed by atoms with Gasteiger partial charge in [-0.05, 0) is 79.7 Å². The molecule has 3 aromatic carbocycles. The lowest BCUT2D eigenvalue weighted by molar-refractivity contribution is -0.118. The zero-order valence-electron chi connectivity index (χ0n) is 19.4. The van der Waals surface area contributed by atoms with Crippen molar-refractivity contribution in [2.75, 3.05) is 23.4 Å². The Morgan fingerprint density at radius 2 is 1.83 bits per heavy atom. The number of amides is 2. The number of aryl methyl sites for hydroxylation is 1. The van der Waals surface area contributed by atoms with E-state index in [4.69, 9.17) is 21.7 Å². The maximum Gasteiger partial charge on any atom is 0.281 e. The van der Waals surface area contributed by atoms with E-state index in [0.717, 1.165) is 11.1 Å². The zero-order chi connectivity index (χ0) is 24.8. The van der Waals surface area contributed by atoms with Gasteiger partial charge in [0.2, 0.25) is 0 Å². The van der Waals surface area contributed by atoms with Crippen molar-refractivity contribution in [1.82, 2.24) is 5.32 Å². The molecule has 0 spiro atoms. The Hall–Kier alpha value is -4.17. The number of anilines is 2. The second kappa shape index (κ2) is 10.8. The van der Waals surface area contributed by atoms with Crippen molar-refractivity contribution < 1.29 is 19.1 Å². The van der Waals surface area contributed by atoms with Crippen LogP contribution in [0.3, 0.4) is 0 Å². The number of nitrogens with one attached hydrogen (secondary N) is 2. The third-order valence-electron chi connectivity index (χ3n) is 5.13. The summed E-state index contributed by atoms with van der Waals surface area (Å²) in [5.41, 5.74) is 3.52. The van der Waals surface area contributed by atoms with E-state index in [1.54, 1.807) is 36.4 Å². The van der Waals surface area contributed by atoms with Gasteiger partial charge in [0.25, 0.3) is 11.8 Å². The highest BCUT2D eigenvalue weighted by molar-refractivity contribution is 7.80. The van der Waals surface area contributed by atoms with Crippen molar-refractivity contribution in [1.29, 1.82) is 0 Å². The molecule has 0 unspecified atom stereocenters. The third kappa shape index (κ3) is 5.85. The van der Waals surface area contributed by atoms with E-state index < -0.39 is 0 Å². The van der Waals surface area contributed by atoms with Crippen molar-refractivity contribution in [2.45, 2.75) is 13.8 Å². The Morgan fingerprint density at radius 1 is 1.03 bits per heavy atom. The highest BCUT2D eigenvalue weighted by Crippen LogP contribution is 2.30. The van der Waals surface area contributed by atoms with Crippen LogP contribution in [-0.4, -0.2) is 30.1 Å². The van der Waals surface area contributed by atoms with E-state index in [-0.39, 0.29) is 18.4 Å². The summed E-state index contributed by atoms with van der Waals surface area (Å²) in [4.78, 5) is 26.8. The number of para-hydroxylation sites is 1. The van der Waals surface area contributed by atoms with E-state index in [1.807, 2.05) is 56.3 Å². The van der Waals surface area contributed by atoms with E-state index >= 15 is 0 Å². The predicted molar refractivity (Wildman–Crippen MR) is 141 cm³/mol. The smallest absolute Gasteiger partial charge is 0.281 e. The fourth-order valence-electron chi connectivity index (χ4n) is 3.57. The van der Waals surface area contributed by atoms with E-state index in [9.17, 15) is 9.59 Å². The first kappa shape index (κ1) is 24.0. The summed E-state index contributed by atoms with van der Waals surface area (Å²) in [7, 11) is 0. The molecule has 1 saturated heterocycles. The fraction of sp³-hybridized carbons (Fsp3) is 0.148. The van der Waals surface area contributed by atoms with Crippen LogP contribution in [0.4, 0.5) is 11.4 Å². The number of rotatable bonds is 8. The SMILES string of the molecule is CCOc1cc(/C=C2/NC(=S)N(c3cccc(C)c3)C2=O)ccc1OCC(=O)Nc1ccccc1. The highest BCUT2D eigenvalue weighted by atomic mass is 32.1. The summed E-state index contributed by atoms with van der Waals surface area (Å²) in [5, 5.41) is 6.09. The molecule has 0 bridgehead atoms. The van der Waals surface area contributed by atoms with Crippen LogP contribution < -0.4 is 25.0 Å². The lowest BCUT2D eigenvalue weighted by atomic mass is 10.1. The van der Waals surface area contributed by atoms with Crippen LogP contribution in [-0.2, 0) is 9.59 Å². The molecule has 3 aromatic rings. The Morgan fingerprint density at radius 3 is 2.57 bits per heavy atom. The molecule has 178 valence electrons. The van der Waals surface area contributed by atoms with E-state index in [0.29, 0.717) is 40.3 Å². The van der Waals surface area contributed by atoms with Gasteiger partial charge in [-0.25, -0.2) is 0 Å². The zero-order valence-corrected chi connectivity index (χ0v) is 20.2. The fourth-order valence-corrected chi connectivity index (χ4v) is 3.87. The number of hydrogen-bond acceptors (Lipinski definition) is 5. The molecule has 4 rings (SSSR count). The van der Waals surface area contributed by atoms with Gasteiger partial charge in [0.1, 0.15) is 5.70 Å². The lowest BCUT2D eigenvalue weighted by Gasteiger charge is -2.14. The van der Waals surface area contributed by atoms with Crippen LogP contribution >= 0.6 is 12.2 Å². The molecule has 0 aliphatic carbocycles. The van der Waals surface area contributed by atoms with Gasteiger partial charge in [0, 0.05) is 5.69 Å². The molecule has 1 fully saturated rings. The normalized spacial score (nSPS) is 14.1. The van der Waals surface area contributed by atoms with Gasteiger partial charge < -0.3 is 20.1 Å². The van der Waals surface area contributed by atoms with E-state index in [1.165, 1.54) is 4.90 Å². The summed E-state index contributed by atoms with van der Waals surface area (Å²) in [5.74, 6) is 0.379. The topological polar surface area (TPSA) is 79.9 Å². The van der Waals surface area contributed by atoms with Crippen LogP contribution in [0.1, 0.15) is 18.1 Å². The van der Waals surface area contributed by atoms with Crippen molar-refractivity contribution in [3.05, 3.63) is 89.6 Å². The van der Waals surface area contributed by atoms with Gasteiger partial charge in [-0.15, -0.1) is 0 Å². The molecular weight excluding hydrogens is 462 g/mol. The molecule has 0 radical (unpaired) electrons. The van der Waals surface area contributed by atoms with Crippen LogP contribution in [0, 0.1) is 6.92 Å². The largest absolute Gasteiger partial charge is 0.490 e. The van der Waals surface area contributed by atoms with Crippen LogP contribution in [0.25, 0.3) is 6.08 Å². The highest BCUT2D eigenvalue weighted by Gasteiger charge is 2.32. The number of hydrogen-bond donors (Lipinski definition) is 2. The molecule has 0 aromatic heterocycles. The number of nitrogens with zero attached hydrogens (tertiary/aromatic N) is 1. The van der Waals surface area contributed by atoms with Crippen molar-refractivity contribution in [2.24, 2.45) is 0 Å². The Labute approximate surface area is 209 Å². The molecule has 35 heavy (non-hydrogen) atoms. The Kier molecular flexibility index (Phi) is 7.42. The predicted octanol–water partition coefficient (Wildman–Crippen LogP) is 4.67. The minimum Gasteiger partial charge on any atom is -0.490 e. The summed E-state index contributed by atoms with van der Waals surface area (Å²) >= 11 is 5.40. The van der Waals surface area contributed by atoms with Gasteiger partial charge in [-0.3, -0.25) is 14.5 Å². The average molecular weight is 488 g/mol. The maximum atomic E-state index is 13.0. The third-order valence-corrected chi connectivity index (χ3v) is 5.42. The monoisotopic (exact) mass is 487 g/mol.